The predicted molar refractivity (Wildman–Crippen MR) is 146 cm³/mol. The third-order valence-corrected chi connectivity index (χ3v) is 7.89. The summed E-state index contributed by atoms with van der Waals surface area (Å²) in [6.07, 6.45) is -3.85. The van der Waals surface area contributed by atoms with Gasteiger partial charge >= 0.3 is 6.18 Å². The molecule has 0 aromatic heterocycles. The van der Waals surface area contributed by atoms with Crippen LogP contribution in [0.3, 0.4) is 0 Å². The minimum Gasteiger partial charge on any atom is -0.486 e. The molecule has 218 valence electrons. The summed E-state index contributed by atoms with van der Waals surface area (Å²) in [5, 5.41) is 2.82. The Morgan fingerprint density at radius 1 is 0.905 bits per heavy atom. The van der Waals surface area contributed by atoms with Crippen LogP contribution in [0.1, 0.15) is 44.7 Å². The number of anilines is 1. The third kappa shape index (κ3) is 5.38. The van der Waals surface area contributed by atoms with E-state index < -0.39 is 17.8 Å². The van der Waals surface area contributed by atoms with Crippen LogP contribution in [0.2, 0.25) is 0 Å². The first-order chi connectivity index (χ1) is 20.2. The zero-order valence-electron chi connectivity index (χ0n) is 22.5. The molecule has 0 saturated carbocycles. The number of carbonyl (C=O) groups is 3. The van der Waals surface area contributed by atoms with E-state index in [1.54, 1.807) is 24.3 Å². The van der Waals surface area contributed by atoms with Crippen LogP contribution >= 0.6 is 0 Å². The summed E-state index contributed by atoms with van der Waals surface area (Å²) in [6.45, 7) is 1.42. The lowest BCUT2D eigenvalue weighted by Crippen LogP contribution is -2.43. The van der Waals surface area contributed by atoms with Crippen LogP contribution in [-0.4, -0.2) is 55.0 Å². The maximum Gasteiger partial charge on any atom is 0.416 e. The molecule has 3 aliphatic heterocycles. The van der Waals surface area contributed by atoms with E-state index in [0.29, 0.717) is 59.8 Å². The summed E-state index contributed by atoms with van der Waals surface area (Å²) < 4.78 is 50.1. The van der Waals surface area contributed by atoms with E-state index in [0.717, 1.165) is 12.1 Å². The maximum absolute atomic E-state index is 13.5. The van der Waals surface area contributed by atoms with Crippen molar-refractivity contribution in [1.82, 2.24) is 10.2 Å². The van der Waals surface area contributed by atoms with Crippen molar-refractivity contribution in [3.05, 3.63) is 89.0 Å². The van der Waals surface area contributed by atoms with E-state index in [4.69, 9.17) is 9.47 Å². The summed E-state index contributed by atoms with van der Waals surface area (Å²) in [5.41, 5.74) is 1.19. The number of imide groups is 1. The number of halogens is 3. The van der Waals surface area contributed by atoms with Gasteiger partial charge in [0.2, 0.25) is 5.91 Å². The van der Waals surface area contributed by atoms with Crippen LogP contribution in [0.5, 0.6) is 11.5 Å². The number of hydrogen-bond donors (Lipinski definition) is 1. The Morgan fingerprint density at radius 2 is 1.62 bits per heavy atom. The van der Waals surface area contributed by atoms with Gasteiger partial charge in [-0.2, -0.15) is 13.2 Å². The molecule has 1 fully saturated rings. The lowest BCUT2D eigenvalue weighted by atomic mass is 9.94. The van der Waals surface area contributed by atoms with E-state index in [1.807, 2.05) is 23.1 Å². The van der Waals surface area contributed by atoms with Gasteiger partial charge in [-0.25, -0.2) is 0 Å². The Kier molecular flexibility index (Phi) is 7.26. The average molecular weight is 580 g/mol. The number of benzene rings is 3. The molecule has 42 heavy (non-hydrogen) atoms. The molecule has 8 nitrogen and oxygen atoms in total. The fourth-order valence-electron chi connectivity index (χ4n) is 5.63. The molecule has 6 rings (SSSR count). The standard InChI is InChI=1S/C31H28F3N3O5/c32-31(33,34)21-10-8-19(9-11-21)16-35-28(38)20-12-14-36(15-13-20)24-5-3-4-23-27(24)30(40)37(29(23)39)17-22-18-41-25-6-1-2-7-26(25)42-22/h1-11,20,22H,12-18H2,(H,35,38)/t22-/m1/s1. The van der Waals surface area contributed by atoms with Crippen molar-refractivity contribution in [3.63, 3.8) is 0 Å². The van der Waals surface area contributed by atoms with Crippen LogP contribution < -0.4 is 19.7 Å². The minimum absolute atomic E-state index is 0.0568. The van der Waals surface area contributed by atoms with Gasteiger partial charge in [0.05, 0.1) is 28.9 Å². The maximum atomic E-state index is 13.5. The molecule has 11 heteroatoms. The van der Waals surface area contributed by atoms with E-state index in [1.165, 1.54) is 17.0 Å². The summed E-state index contributed by atoms with van der Waals surface area (Å²) >= 11 is 0. The van der Waals surface area contributed by atoms with Crippen molar-refractivity contribution >= 4 is 23.4 Å². The number of carbonyl (C=O) groups excluding carboxylic acids is 3. The summed E-state index contributed by atoms with van der Waals surface area (Å²) in [6, 6.07) is 17.2. The highest BCUT2D eigenvalue weighted by atomic mass is 19.4. The van der Waals surface area contributed by atoms with Gasteiger partial charge in [0.15, 0.2) is 17.6 Å². The fourth-order valence-corrected chi connectivity index (χ4v) is 5.63. The smallest absolute Gasteiger partial charge is 0.416 e. The van der Waals surface area contributed by atoms with Gasteiger partial charge in [-0.1, -0.05) is 30.3 Å². The Hall–Kier alpha value is -4.54. The Balaban J connectivity index is 1.06. The van der Waals surface area contributed by atoms with Crippen molar-refractivity contribution in [1.29, 1.82) is 0 Å². The number of alkyl halides is 3. The number of nitrogens with zero attached hydrogens (tertiary/aromatic N) is 2. The molecule has 0 radical (unpaired) electrons. The number of fused-ring (bicyclic) bond motifs is 2. The lowest BCUT2D eigenvalue weighted by molar-refractivity contribution is -0.137. The van der Waals surface area contributed by atoms with Gasteiger partial charge in [-0.05, 0) is 54.8 Å². The SMILES string of the molecule is O=C(NCc1ccc(C(F)(F)F)cc1)C1CCN(c2cccc3c2C(=O)N(C[C@@H]2COc4ccccc4O2)C3=O)CC1. The Labute approximate surface area is 240 Å². The van der Waals surface area contributed by atoms with Gasteiger partial charge < -0.3 is 19.7 Å². The zero-order chi connectivity index (χ0) is 29.4. The van der Waals surface area contributed by atoms with Crippen LogP contribution in [0.25, 0.3) is 0 Å². The Bertz CT molecular complexity index is 1520. The van der Waals surface area contributed by atoms with Crippen molar-refractivity contribution < 1.29 is 37.0 Å². The van der Waals surface area contributed by atoms with Crippen molar-refractivity contribution in [2.45, 2.75) is 31.7 Å². The highest BCUT2D eigenvalue weighted by Gasteiger charge is 2.41. The first-order valence-corrected chi connectivity index (χ1v) is 13.8. The molecule has 1 N–H and O–H groups in total. The van der Waals surface area contributed by atoms with Crippen LogP contribution in [0, 0.1) is 5.92 Å². The molecule has 0 unspecified atom stereocenters. The molecule has 0 spiro atoms. The first kappa shape index (κ1) is 27.6. The quantitative estimate of drug-likeness (QED) is 0.427. The number of amides is 3. The van der Waals surface area contributed by atoms with E-state index in [9.17, 15) is 27.6 Å². The van der Waals surface area contributed by atoms with E-state index >= 15 is 0 Å². The van der Waals surface area contributed by atoms with Gasteiger partial charge in [0.1, 0.15) is 6.61 Å². The summed E-state index contributed by atoms with van der Waals surface area (Å²) in [5.74, 6) is -0.0112. The Morgan fingerprint density at radius 3 is 2.33 bits per heavy atom. The summed E-state index contributed by atoms with van der Waals surface area (Å²) in [4.78, 5) is 42.8. The zero-order valence-corrected chi connectivity index (χ0v) is 22.5. The monoisotopic (exact) mass is 579 g/mol. The van der Waals surface area contributed by atoms with Crippen LogP contribution in [0.4, 0.5) is 18.9 Å². The van der Waals surface area contributed by atoms with Gasteiger partial charge in [-0.15, -0.1) is 0 Å². The molecule has 1 saturated heterocycles. The molecule has 3 heterocycles. The minimum atomic E-state index is -4.41. The largest absolute Gasteiger partial charge is 0.486 e. The topological polar surface area (TPSA) is 88.2 Å². The lowest BCUT2D eigenvalue weighted by Gasteiger charge is -2.34. The molecule has 3 aromatic carbocycles. The highest BCUT2D eigenvalue weighted by Crippen LogP contribution is 2.36. The number of ether oxygens (including phenoxy) is 2. The molecular weight excluding hydrogens is 551 g/mol. The number of nitrogens with one attached hydrogen (secondary N) is 1. The first-order valence-electron chi connectivity index (χ1n) is 13.8. The molecule has 0 aliphatic carbocycles. The van der Waals surface area contributed by atoms with Crippen molar-refractivity contribution in [2.24, 2.45) is 5.92 Å². The van der Waals surface area contributed by atoms with Crippen molar-refractivity contribution in [3.8, 4) is 11.5 Å². The number of piperidine rings is 1. The number of para-hydroxylation sites is 2. The number of rotatable bonds is 6. The second-order valence-electron chi connectivity index (χ2n) is 10.6. The predicted octanol–water partition coefficient (Wildman–Crippen LogP) is 4.67. The normalized spacial score (nSPS) is 18.7. The molecular formula is C31H28F3N3O5. The van der Waals surface area contributed by atoms with Crippen molar-refractivity contribution in [2.75, 3.05) is 31.1 Å². The van der Waals surface area contributed by atoms with Crippen LogP contribution in [0.15, 0.2) is 66.7 Å². The molecule has 3 aliphatic rings. The second kappa shape index (κ2) is 11.0. The second-order valence-corrected chi connectivity index (χ2v) is 10.6. The average Bonchev–Trinajstić information content (AvgIpc) is 3.24. The molecule has 3 amide bonds. The van der Waals surface area contributed by atoms with Crippen LogP contribution in [-0.2, 0) is 17.5 Å². The fraction of sp³-hybridized carbons (Fsp3) is 0.323. The van der Waals surface area contributed by atoms with E-state index in [-0.39, 0.29) is 43.3 Å². The number of hydrogen-bond acceptors (Lipinski definition) is 6. The van der Waals surface area contributed by atoms with Gasteiger partial charge in [0.25, 0.3) is 11.8 Å². The molecule has 1 atom stereocenters. The van der Waals surface area contributed by atoms with E-state index in [2.05, 4.69) is 5.32 Å². The molecule has 3 aromatic rings. The highest BCUT2D eigenvalue weighted by molar-refractivity contribution is 6.23. The molecule has 0 bridgehead atoms. The van der Waals surface area contributed by atoms with Gasteiger partial charge in [0, 0.05) is 25.6 Å². The third-order valence-electron chi connectivity index (χ3n) is 7.89. The van der Waals surface area contributed by atoms with Gasteiger partial charge in [-0.3, -0.25) is 19.3 Å². The summed E-state index contributed by atoms with van der Waals surface area (Å²) in [7, 11) is 0.